The van der Waals surface area contributed by atoms with Crippen LogP contribution in [0.4, 0.5) is 5.69 Å². The summed E-state index contributed by atoms with van der Waals surface area (Å²) < 4.78 is 17.4. The van der Waals surface area contributed by atoms with Gasteiger partial charge in [-0.05, 0) is 66.5 Å². The van der Waals surface area contributed by atoms with E-state index >= 15 is 0 Å². The maximum absolute atomic E-state index is 12.2. The average molecular weight is 408 g/mol. The van der Waals surface area contributed by atoms with Crippen molar-refractivity contribution in [1.29, 1.82) is 0 Å². The second-order valence-electron chi connectivity index (χ2n) is 5.29. The summed E-state index contributed by atoms with van der Waals surface area (Å²) in [6.45, 7) is 6.73. The Morgan fingerprint density at radius 3 is 2.40 bits per heavy atom. The van der Waals surface area contributed by atoms with Crippen LogP contribution < -0.4 is 19.5 Å². The summed E-state index contributed by atoms with van der Waals surface area (Å²) in [5.41, 5.74) is 1.67. The van der Waals surface area contributed by atoms with E-state index in [4.69, 9.17) is 14.2 Å². The van der Waals surface area contributed by atoms with Gasteiger partial charge >= 0.3 is 0 Å². The molecule has 0 saturated heterocycles. The van der Waals surface area contributed by atoms with E-state index in [2.05, 4.69) is 21.2 Å². The molecular weight excluding hydrogens is 386 g/mol. The number of anilines is 1. The molecule has 0 aromatic heterocycles. The zero-order valence-electron chi connectivity index (χ0n) is 14.6. The first-order valence-electron chi connectivity index (χ1n) is 8.12. The molecule has 25 heavy (non-hydrogen) atoms. The zero-order chi connectivity index (χ0) is 18.2. The van der Waals surface area contributed by atoms with Gasteiger partial charge in [0.15, 0.2) is 6.61 Å². The Hall–Kier alpha value is -2.21. The van der Waals surface area contributed by atoms with Gasteiger partial charge in [0.25, 0.3) is 5.91 Å². The van der Waals surface area contributed by atoms with Gasteiger partial charge in [0.05, 0.1) is 23.4 Å². The Morgan fingerprint density at radius 1 is 1.00 bits per heavy atom. The molecule has 0 saturated carbocycles. The third kappa shape index (κ3) is 5.67. The van der Waals surface area contributed by atoms with Crippen molar-refractivity contribution in [2.75, 3.05) is 25.1 Å². The van der Waals surface area contributed by atoms with Crippen molar-refractivity contribution in [2.45, 2.75) is 20.8 Å². The Morgan fingerprint density at radius 2 is 1.72 bits per heavy atom. The third-order valence-electron chi connectivity index (χ3n) is 3.28. The van der Waals surface area contributed by atoms with Crippen molar-refractivity contribution >= 4 is 27.5 Å². The Balaban J connectivity index is 2.04. The van der Waals surface area contributed by atoms with E-state index in [1.165, 1.54) is 0 Å². The van der Waals surface area contributed by atoms with Crippen molar-refractivity contribution in [3.05, 3.63) is 46.4 Å². The van der Waals surface area contributed by atoms with E-state index in [9.17, 15) is 4.79 Å². The number of ether oxygens (including phenoxy) is 3. The number of nitrogens with one attached hydrogen (secondary N) is 1. The van der Waals surface area contributed by atoms with Crippen LogP contribution in [-0.2, 0) is 4.79 Å². The van der Waals surface area contributed by atoms with Crippen LogP contribution in [0.25, 0.3) is 0 Å². The normalized spacial score (nSPS) is 10.2. The van der Waals surface area contributed by atoms with Gasteiger partial charge in [0.1, 0.15) is 17.2 Å². The van der Waals surface area contributed by atoms with Gasteiger partial charge in [-0.15, -0.1) is 0 Å². The molecule has 0 unspecified atom stereocenters. The number of carbonyl (C=O) groups is 1. The molecule has 0 spiro atoms. The monoisotopic (exact) mass is 407 g/mol. The molecule has 0 aliphatic heterocycles. The van der Waals surface area contributed by atoms with Gasteiger partial charge in [0.2, 0.25) is 0 Å². The van der Waals surface area contributed by atoms with Crippen molar-refractivity contribution < 1.29 is 19.0 Å². The number of hydrogen-bond acceptors (Lipinski definition) is 4. The third-order valence-corrected chi connectivity index (χ3v) is 3.90. The van der Waals surface area contributed by atoms with Crippen LogP contribution in [0.15, 0.2) is 40.9 Å². The number of benzene rings is 2. The number of rotatable bonds is 8. The lowest BCUT2D eigenvalue weighted by Crippen LogP contribution is -2.20. The molecule has 6 heteroatoms. The van der Waals surface area contributed by atoms with Crippen molar-refractivity contribution in [3.63, 3.8) is 0 Å². The molecule has 0 atom stereocenters. The molecule has 0 fully saturated rings. The molecule has 2 aromatic rings. The Labute approximate surface area is 156 Å². The highest BCUT2D eigenvalue weighted by atomic mass is 79.9. The van der Waals surface area contributed by atoms with Gasteiger partial charge in [-0.2, -0.15) is 0 Å². The molecule has 0 aliphatic carbocycles. The van der Waals surface area contributed by atoms with Crippen LogP contribution in [-0.4, -0.2) is 25.7 Å². The van der Waals surface area contributed by atoms with Crippen LogP contribution in [0.2, 0.25) is 0 Å². The number of carbonyl (C=O) groups excluding carboxylic acids is 1. The minimum Gasteiger partial charge on any atom is -0.494 e. The summed E-state index contributed by atoms with van der Waals surface area (Å²) in [5.74, 6) is 1.61. The van der Waals surface area contributed by atoms with E-state index < -0.39 is 0 Å². The van der Waals surface area contributed by atoms with Gasteiger partial charge in [-0.25, -0.2) is 0 Å². The summed E-state index contributed by atoms with van der Waals surface area (Å²) in [5, 5.41) is 2.81. The van der Waals surface area contributed by atoms with Crippen molar-refractivity contribution in [2.24, 2.45) is 0 Å². The summed E-state index contributed by atoms with van der Waals surface area (Å²) in [4.78, 5) is 12.2. The molecule has 1 amide bonds. The van der Waals surface area contributed by atoms with Crippen molar-refractivity contribution in [3.8, 4) is 17.2 Å². The van der Waals surface area contributed by atoms with E-state index in [1.54, 1.807) is 12.1 Å². The lowest BCUT2D eigenvalue weighted by molar-refractivity contribution is -0.118. The highest BCUT2D eigenvalue weighted by molar-refractivity contribution is 9.10. The fourth-order valence-corrected chi connectivity index (χ4v) is 2.80. The summed E-state index contributed by atoms with van der Waals surface area (Å²) in [7, 11) is 0. The summed E-state index contributed by atoms with van der Waals surface area (Å²) in [6, 6.07) is 11.0. The molecule has 5 nitrogen and oxygen atoms in total. The minimum absolute atomic E-state index is 0.105. The highest BCUT2D eigenvalue weighted by Gasteiger charge is 2.11. The maximum Gasteiger partial charge on any atom is 0.262 e. The smallest absolute Gasteiger partial charge is 0.262 e. The summed E-state index contributed by atoms with van der Waals surface area (Å²) >= 11 is 3.43. The molecule has 0 bridgehead atoms. The van der Waals surface area contributed by atoms with Gasteiger partial charge < -0.3 is 19.5 Å². The Bertz CT molecular complexity index is 733. The summed E-state index contributed by atoms with van der Waals surface area (Å²) in [6.07, 6.45) is 0. The van der Waals surface area contributed by atoms with E-state index in [0.717, 1.165) is 10.0 Å². The first-order valence-corrected chi connectivity index (χ1v) is 8.91. The first kappa shape index (κ1) is 19.1. The van der Waals surface area contributed by atoms with Crippen LogP contribution in [0.1, 0.15) is 19.4 Å². The second kappa shape index (κ2) is 9.32. The number of halogens is 1. The fraction of sp³-hybridized carbons (Fsp3) is 0.316. The lowest BCUT2D eigenvalue weighted by atomic mass is 10.2. The predicted octanol–water partition coefficient (Wildman–Crippen LogP) is 4.57. The molecule has 1 N–H and O–H groups in total. The number of hydrogen-bond donors (Lipinski definition) is 1. The van der Waals surface area contributed by atoms with Crippen LogP contribution in [0.3, 0.4) is 0 Å². The van der Waals surface area contributed by atoms with Gasteiger partial charge in [0, 0.05) is 6.07 Å². The van der Waals surface area contributed by atoms with E-state index in [-0.39, 0.29) is 12.5 Å². The fourth-order valence-electron chi connectivity index (χ4n) is 2.20. The van der Waals surface area contributed by atoms with E-state index in [1.807, 2.05) is 45.0 Å². The molecule has 2 rings (SSSR count). The minimum atomic E-state index is -0.276. The largest absolute Gasteiger partial charge is 0.494 e. The molecule has 2 aromatic carbocycles. The Kier molecular flexibility index (Phi) is 7.13. The van der Waals surface area contributed by atoms with Gasteiger partial charge in [-0.1, -0.05) is 6.07 Å². The highest BCUT2D eigenvalue weighted by Crippen LogP contribution is 2.30. The average Bonchev–Trinajstić information content (AvgIpc) is 2.57. The molecule has 0 aliphatic rings. The van der Waals surface area contributed by atoms with Crippen molar-refractivity contribution in [1.82, 2.24) is 0 Å². The van der Waals surface area contributed by atoms with Crippen LogP contribution in [0, 0.1) is 6.92 Å². The van der Waals surface area contributed by atoms with Crippen LogP contribution >= 0.6 is 15.9 Å². The molecule has 134 valence electrons. The van der Waals surface area contributed by atoms with Gasteiger partial charge in [-0.3, -0.25) is 4.79 Å². The lowest BCUT2D eigenvalue weighted by Gasteiger charge is -2.14. The van der Waals surface area contributed by atoms with Crippen LogP contribution in [0.5, 0.6) is 17.2 Å². The molecule has 0 heterocycles. The number of amides is 1. The topological polar surface area (TPSA) is 56.8 Å². The molecular formula is C19H22BrNO4. The number of aryl methyl sites for hydroxylation is 1. The standard InChI is InChI=1S/C19H22BrNO4/c1-4-23-14-7-9-18(24-5-2)16(11-14)21-19(22)12-25-17-8-6-13(3)10-15(17)20/h6-11H,4-5,12H2,1-3H3,(H,21,22). The zero-order valence-corrected chi connectivity index (χ0v) is 16.2. The molecule has 0 radical (unpaired) electrons. The maximum atomic E-state index is 12.2. The quantitative estimate of drug-likeness (QED) is 0.695. The van der Waals surface area contributed by atoms with E-state index in [0.29, 0.717) is 36.1 Å². The SMILES string of the molecule is CCOc1ccc(OCC)c(NC(=O)COc2ccc(C)cc2Br)c1. The predicted molar refractivity (Wildman–Crippen MR) is 102 cm³/mol. The second-order valence-corrected chi connectivity index (χ2v) is 6.15. The first-order chi connectivity index (χ1) is 12.0.